The molecule has 4 heteroatoms. The molecule has 90 valence electrons. The number of hydrogen-bond acceptors (Lipinski definition) is 3. The Morgan fingerprint density at radius 1 is 1.31 bits per heavy atom. The first-order chi connectivity index (χ1) is 7.72. The summed E-state index contributed by atoms with van der Waals surface area (Å²) in [7, 11) is 2.01. The summed E-state index contributed by atoms with van der Waals surface area (Å²) in [5.74, 6) is 1.19. The molecule has 1 fully saturated rings. The number of rotatable bonds is 4. The second-order valence-corrected chi connectivity index (χ2v) is 4.55. The second-order valence-electron chi connectivity index (χ2n) is 4.55. The fraction of sp³-hybridized carbons (Fsp3) is 0.750. The van der Waals surface area contributed by atoms with Gasteiger partial charge in [-0.15, -0.1) is 0 Å². The van der Waals surface area contributed by atoms with Crippen LogP contribution in [-0.4, -0.2) is 34.3 Å². The molecule has 1 aromatic rings. The van der Waals surface area contributed by atoms with Crippen LogP contribution in [0.5, 0.6) is 0 Å². The maximum Gasteiger partial charge on any atom is 0.128 e. The SMILES string of the molecule is CCNc1c(CN2CCCC2)c(C)nn1C. The lowest BCUT2D eigenvalue weighted by Crippen LogP contribution is -2.19. The zero-order chi connectivity index (χ0) is 11.5. The number of nitrogens with zero attached hydrogens (tertiary/aromatic N) is 3. The predicted octanol–water partition coefficient (Wildman–Crippen LogP) is 1.76. The molecule has 0 aliphatic carbocycles. The fourth-order valence-electron chi connectivity index (χ4n) is 2.44. The first kappa shape index (κ1) is 11.5. The minimum absolute atomic E-state index is 0.950. The second kappa shape index (κ2) is 4.87. The van der Waals surface area contributed by atoms with Crippen LogP contribution in [-0.2, 0) is 13.6 Å². The fourth-order valence-corrected chi connectivity index (χ4v) is 2.44. The first-order valence-electron chi connectivity index (χ1n) is 6.21. The lowest BCUT2D eigenvalue weighted by Gasteiger charge is -2.16. The largest absolute Gasteiger partial charge is 0.370 e. The maximum absolute atomic E-state index is 4.50. The van der Waals surface area contributed by atoms with Gasteiger partial charge in [0.1, 0.15) is 5.82 Å². The smallest absolute Gasteiger partial charge is 0.128 e. The minimum atomic E-state index is 0.950. The quantitative estimate of drug-likeness (QED) is 0.842. The molecule has 0 amide bonds. The molecule has 0 atom stereocenters. The van der Waals surface area contributed by atoms with Crippen molar-refractivity contribution in [1.82, 2.24) is 14.7 Å². The Balaban J connectivity index is 2.16. The molecule has 1 saturated heterocycles. The lowest BCUT2D eigenvalue weighted by molar-refractivity contribution is 0.331. The van der Waals surface area contributed by atoms with Crippen molar-refractivity contribution in [2.75, 3.05) is 25.0 Å². The maximum atomic E-state index is 4.50. The third-order valence-electron chi connectivity index (χ3n) is 3.27. The number of hydrogen-bond donors (Lipinski definition) is 1. The minimum Gasteiger partial charge on any atom is -0.370 e. The van der Waals surface area contributed by atoms with Crippen molar-refractivity contribution < 1.29 is 0 Å². The van der Waals surface area contributed by atoms with Gasteiger partial charge in [-0.05, 0) is 39.8 Å². The van der Waals surface area contributed by atoms with Crippen molar-refractivity contribution in [3.05, 3.63) is 11.3 Å². The highest BCUT2D eigenvalue weighted by atomic mass is 15.3. The molecular formula is C12H22N4. The van der Waals surface area contributed by atoms with E-state index in [4.69, 9.17) is 0 Å². The molecule has 2 rings (SSSR count). The summed E-state index contributed by atoms with van der Waals surface area (Å²) in [5, 5.41) is 7.91. The van der Waals surface area contributed by atoms with Crippen LogP contribution < -0.4 is 5.32 Å². The van der Waals surface area contributed by atoms with Crippen LogP contribution in [0.25, 0.3) is 0 Å². The van der Waals surface area contributed by atoms with Gasteiger partial charge in [-0.25, -0.2) is 0 Å². The molecule has 2 heterocycles. The molecule has 1 aliphatic heterocycles. The topological polar surface area (TPSA) is 33.1 Å². The molecule has 0 saturated carbocycles. The van der Waals surface area contributed by atoms with Crippen molar-refractivity contribution in [1.29, 1.82) is 0 Å². The molecule has 1 aromatic heterocycles. The van der Waals surface area contributed by atoms with Crippen LogP contribution in [0.4, 0.5) is 5.82 Å². The number of aryl methyl sites for hydroxylation is 2. The molecule has 0 bridgehead atoms. The average molecular weight is 222 g/mol. The van der Waals surface area contributed by atoms with Crippen LogP contribution >= 0.6 is 0 Å². The van der Waals surface area contributed by atoms with E-state index in [1.165, 1.54) is 37.3 Å². The third kappa shape index (κ3) is 2.21. The summed E-state index contributed by atoms with van der Waals surface area (Å²) in [6.45, 7) is 8.70. The van der Waals surface area contributed by atoms with Crippen LogP contribution in [0.2, 0.25) is 0 Å². The lowest BCUT2D eigenvalue weighted by atomic mass is 10.2. The Bertz CT molecular complexity index is 350. The van der Waals surface area contributed by atoms with E-state index in [9.17, 15) is 0 Å². The van der Waals surface area contributed by atoms with Gasteiger partial charge in [-0.3, -0.25) is 9.58 Å². The molecular weight excluding hydrogens is 200 g/mol. The van der Waals surface area contributed by atoms with Crippen molar-refractivity contribution in [2.45, 2.75) is 33.2 Å². The molecule has 0 aromatic carbocycles. The number of aromatic nitrogens is 2. The van der Waals surface area contributed by atoms with E-state index in [2.05, 4.69) is 29.2 Å². The van der Waals surface area contributed by atoms with Crippen molar-refractivity contribution in [3.63, 3.8) is 0 Å². The van der Waals surface area contributed by atoms with Crippen molar-refractivity contribution in [3.8, 4) is 0 Å². The standard InChI is InChI=1S/C12H22N4/c1-4-13-12-11(10(2)14-15(12)3)9-16-7-5-6-8-16/h13H,4-9H2,1-3H3. The zero-order valence-corrected chi connectivity index (χ0v) is 10.6. The molecule has 1 aliphatic rings. The molecule has 0 spiro atoms. The molecule has 0 radical (unpaired) electrons. The summed E-state index contributed by atoms with van der Waals surface area (Å²) in [5.41, 5.74) is 2.52. The highest BCUT2D eigenvalue weighted by molar-refractivity contribution is 5.47. The molecule has 0 unspecified atom stereocenters. The number of anilines is 1. The summed E-state index contributed by atoms with van der Waals surface area (Å²) in [6.07, 6.45) is 2.69. The summed E-state index contributed by atoms with van der Waals surface area (Å²) >= 11 is 0. The van der Waals surface area contributed by atoms with Gasteiger partial charge in [0, 0.05) is 25.7 Å². The Morgan fingerprint density at radius 2 is 2.00 bits per heavy atom. The van der Waals surface area contributed by atoms with Gasteiger partial charge in [-0.2, -0.15) is 5.10 Å². The highest BCUT2D eigenvalue weighted by Crippen LogP contribution is 2.22. The summed E-state index contributed by atoms with van der Waals surface area (Å²) < 4.78 is 1.96. The monoisotopic (exact) mass is 222 g/mol. The van der Waals surface area contributed by atoms with Crippen molar-refractivity contribution in [2.24, 2.45) is 7.05 Å². The normalized spacial score (nSPS) is 16.9. The zero-order valence-electron chi connectivity index (χ0n) is 10.6. The summed E-state index contributed by atoms with van der Waals surface area (Å²) in [4.78, 5) is 2.52. The number of likely N-dealkylation sites (tertiary alicyclic amines) is 1. The first-order valence-corrected chi connectivity index (χ1v) is 6.21. The Labute approximate surface area is 97.6 Å². The van der Waals surface area contributed by atoms with E-state index >= 15 is 0 Å². The van der Waals surface area contributed by atoms with Gasteiger partial charge in [0.25, 0.3) is 0 Å². The molecule has 1 N–H and O–H groups in total. The van der Waals surface area contributed by atoms with E-state index in [1.54, 1.807) is 0 Å². The highest BCUT2D eigenvalue weighted by Gasteiger charge is 2.18. The van der Waals surface area contributed by atoms with Crippen LogP contribution in [0.1, 0.15) is 31.0 Å². The van der Waals surface area contributed by atoms with Crippen LogP contribution in [0.3, 0.4) is 0 Å². The van der Waals surface area contributed by atoms with Gasteiger partial charge >= 0.3 is 0 Å². The van der Waals surface area contributed by atoms with Gasteiger partial charge in [0.15, 0.2) is 0 Å². The Morgan fingerprint density at radius 3 is 2.62 bits per heavy atom. The van der Waals surface area contributed by atoms with E-state index in [0.717, 1.165) is 18.8 Å². The number of nitrogens with one attached hydrogen (secondary N) is 1. The average Bonchev–Trinajstić information content (AvgIpc) is 2.82. The van der Waals surface area contributed by atoms with Gasteiger partial charge < -0.3 is 5.32 Å². The van der Waals surface area contributed by atoms with Crippen LogP contribution in [0.15, 0.2) is 0 Å². The third-order valence-corrected chi connectivity index (χ3v) is 3.27. The van der Waals surface area contributed by atoms with Gasteiger partial charge in [0.2, 0.25) is 0 Å². The van der Waals surface area contributed by atoms with Crippen molar-refractivity contribution >= 4 is 5.82 Å². The Kier molecular flexibility index (Phi) is 3.49. The molecule has 4 nitrogen and oxygen atoms in total. The van der Waals surface area contributed by atoms with E-state index in [1.807, 2.05) is 11.7 Å². The van der Waals surface area contributed by atoms with E-state index in [0.29, 0.717) is 0 Å². The van der Waals surface area contributed by atoms with E-state index < -0.39 is 0 Å². The predicted molar refractivity (Wildman–Crippen MR) is 66.6 cm³/mol. The van der Waals surface area contributed by atoms with Crippen LogP contribution in [0, 0.1) is 6.92 Å². The molecule has 16 heavy (non-hydrogen) atoms. The van der Waals surface area contributed by atoms with Gasteiger partial charge in [0.05, 0.1) is 5.69 Å². The van der Waals surface area contributed by atoms with Gasteiger partial charge in [-0.1, -0.05) is 0 Å². The van der Waals surface area contributed by atoms with E-state index in [-0.39, 0.29) is 0 Å². The Hall–Kier alpha value is -1.03. The summed E-state index contributed by atoms with van der Waals surface area (Å²) in [6, 6.07) is 0.